The van der Waals surface area contributed by atoms with E-state index in [0.29, 0.717) is 0 Å². The zero-order valence-corrected chi connectivity index (χ0v) is 8.73. The van der Waals surface area contributed by atoms with Crippen molar-refractivity contribution in [2.75, 3.05) is 0 Å². The van der Waals surface area contributed by atoms with Crippen LogP contribution in [0.15, 0.2) is 17.3 Å². The number of hydrogen-bond donors (Lipinski definition) is 0. The first-order valence-electron chi connectivity index (χ1n) is 1.58. The van der Waals surface area contributed by atoms with Crippen molar-refractivity contribution in [3.8, 4) is 0 Å². The van der Waals surface area contributed by atoms with Crippen LogP contribution in [0, 0.1) is 0 Å². The average molecular weight is 152 g/mol. The fraction of sp³-hybridized carbons (Fsp3) is 0.250. The van der Waals surface area contributed by atoms with E-state index < -0.39 is 0 Å². The smallest absolute Gasteiger partial charge is 0.463 e. The fourth-order valence-corrected chi connectivity index (χ4v) is 0.264. The van der Waals surface area contributed by atoms with E-state index in [0.717, 1.165) is 6.42 Å². The number of aliphatic imine (C=N–C) groups is 1. The minimum atomic E-state index is 0. The summed E-state index contributed by atoms with van der Waals surface area (Å²) in [5.41, 5.74) is 0. The van der Waals surface area contributed by atoms with Crippen LogP contribution < -0.4 is 58.2 Å². The summed E-state index contributed by atoms with van der Waals surface area (Å²) in [5.74, 6) is 0. The summed E-state index contributed by atoms with van der Waals surface area (Å²) in [6.07, 6.45) is 7.35. The van der Waals surface area contributed by atoms with E-state index in [1.54, 1.807) is 6.20 Å². The van der Waals surface area contributed by atoms with Gasteiger partial charge in [0.05, 0.1) is 0 Å². The van der Waals surface area contributed by atoms with Gasteiger partial charge in [-0.25, -0.2) is 0 Å². The van der Waals surface area contributed by atoms with Crippen molar-refractivity contribution < 1.29 is 58.2 Å². The minimum Gasteiger partial charge on any atom is -0.463 e. The Hall–Kier alpha value is 1.22. The van der Waals surface area contributed by atoms with Crippen molar-refractivity contribution >= 4 is 6.21 Å². The van der Waals surface area contributed by atoms with Crippen LogP contribution in [0.2, 0.25) is 0 Å². The van der Waals surface area contributed by atoms with Crippen LogP contribution in [0.5, 0.6) is 0 Å². The second-order valence-electron chi connectivity index (χ2n) is 0.876. The number of allylic oxidation sites excluding steroid dienone is 1. The molecule has 6 heavy (non-hydrogen) atoms. The van der Waals surface area contributed by atoms with Gasteiger partial charge in [-0.1, -0.05) is 6.42 Å². The van der Waals surface area contributed by atoms with E-state index in [1.165, 1.54) is 0 Å². The van der Waals surface area contributed by atoms with Crippen LogP contribution in [0.4, 0.5) is 0 Å². The molecule has 0 radical (unpaired) electrons. The Balaban J connectivity index is 0.000000250. The average Bonchev–Trinajstić information content (AvgIpc) is 1.76. The first kappa shape index (κ1) is 7.22. The summed E-state index contributed by atoms with van der Waals surface area (Å²) >= 11 is 0. The van der Waals surface area contributed by atoms with Gasteiger partial charge in [-0.3, -0.25) is 0 Å². The normalized spacial score (nSPS) is 14.7. The molecule has 0 atom stereocenters. The SMILES string of the molecule is [C-]1=NC=CC1.[Rb+]. The second-order valence-corrected chi connectivity index (χ2v) is 0.876. The van der Waals surface area contributed by atoms with Crippen molar-refractivity contribution in [2.24, 2.45) is 4.99 Å². The maximum Gasteiger partial charge on any atom is 1.00 e. The molecule has 0 saturated heterocycles. The van der Waals surface area contributed by atoms with Crippen LogP contribution in [-0.4, -0.2) is 6.21 Å². The van der Waals surface area contributed by atoms with Gasteiger partial charge in [-0.2, -0.15) is 12.3 Å². The molecule has 2 heteroatoms. The monoisotopic (exact) mass is 151 g/mol. The molecular weight excluding hydrogens is 148 g/mol. The molecule has 0 aromatic heterocycles. The van der Waals surface area contributed by atoms with Gasteiger partial charge in [0.1, 0.15) is 0 Å². The third-order valence-corrected chi connectivity index (χ3v) is 0.480. The standard InChI is InChI=1S/C4H4N.Rb/c1-2-4-5-3-1;/h1,3H,2H2;/q-1;+1. The zero-order chi connectivity index (χ0) is 3.54. The summed E-state index contributed by atoms with van der Waals surface area (Å²) < 4.78 is 0. The molecular formula is C4H4NRb. The quantitative estimate of drug-likeness (QED) is 0.351. The van der Waals surface area contributed by atoms with Crippen LogP contribution >= 0.6 is 0 Å². The predicted octanol–water partition coefficient (Wildman–Crippen LogP) is -2.14. The van der Waals surface area contributed by atoms with Gasteiger partial charge in [0.25, 0.3) is 0 Å². The summed E-state index contributed by atoms with van der Waals surface area (Å²) in [6, 6.07) is 0. The van der Waals surface area contributed by atoms with Gasteiger partial charge in [-0.15, -0.1) is 6.20 Å². The molecule has 0 amide bonds. The molecule has 1 rings (SSSR count). The number of hydrogen-bond acceptors (Lipinski definition) is 1. The second kappa shape index (κ2) is 4.38. The third kappa shape index (κ3) is 2.40. The van der Waals surface area contributed by atoms with E-state index in [1.807, 2.05) is 6.08 Å². The maximum atomic E-state index is 3.65. The summed E-state index contributed by atoms with van der Waals surface area (Å²) in [7, 11) is 0. The molecule has 0 aromatic carbocycles. The Morgan fingerprint density at radius 1 is 1.67 bits per heavy atom. The molecule has 1 heterocycles. The van der Waals surface area contributed by atoms with Crippen LogP contribution in [0.25, 0.3) is 0 Å². The third-order valence-electron chi connectivity index (χ3n) is 0.480. The van der Waals surface area contributed by atoms with Crippen molar-refractivity contribution in [1.29, 1.82) is 0 Å². The molecule has 0 aromatic rings. The van der Waals surface area contributed by atoms with Crippen molar-refractivity contribution in [3.63, 3.8) is 0 Å². The zero-order valence-electron chi connectivity index (χ0n) is 3.81. The summed E-state index contributed by atoms with van der Waals surface area (Å²) in [6.45, 7) is 0. The van der Waals surface area contributed by atoms with E-state index in [4.69, 9.17) is 0 Å². The first-order valence-corrected chi connectivity index (χ1v) is 1.58. The first-order chi connectivity index (χ1) is 2.50. The Bertz CT molecular complexity index is 65.6. The molecule has 0 saturated carbocycles. The van der Waals surface area contributed by atoms with E-state index >= 15 is 0 Å². The van der Waals surface area contributed by atoms with Crippen LogP contribution in [0.1, 0.15) is 6.42 Å². The Labute approximate surface area is 86.3 Å². The molecule has 0 bridgehead atoms. The molecule has 0 N–H and O–H groups in total. The van der Waals surface area contributed by atoms with Gasteiger partial charge >= 0.3 is 58.2 Å². The van der Waals surface area contributed by atoms with Gasteiger partial charge in [0.2, 0.25) is 0 Å². The Morgan fingerprint density at radius 2 is 2.50 bits per heavy atom. The van der Waals surface area contributed by atoms with Crippen molar-refractivity contribution in [3.05, 3.63) is 12.3 Å². The Morgan fingerprint density at radius 3 is 2.67 bits per heavy atom. The Kier molecular flexibility index (Phi) is 5.26. The topological polar surface area (TPSA) is 12.4 Å². The molecule has 1 nitrogen and oxygen atoms in total. The largest absolute Gasteiger partial charge is 1.00 e. The molecule has 0 spiro atoms. The maximum absolute atomic E-state index is 3.65. The predicted molar refractivity (Wildman–Crippen MR) is 21.2 cm³/mol. The molecule has 0 unspecified atom stereocenters. The van der Waals surface area contributed by atoms with Crippen LogP contribution in [-0.2, 0) is 0 Å². The van der Waals surface area contributed by atoms with Gasteiger partial charge in [-0.05, 0) is 0 Å². The summed E-state index contributed by atoms with van der Waals surface area (Å²) in [4.78, 5) is 3.65. The number of nitrogens with zero attached hydrogens (tertiary/aromatic N) is 1. The minimum absolute atomic E-state index is 0. The fourth-order valence-electron chi connectivity index (χ4n) is 0.264. The molecule has 1 aliphatic heterocycles. The van der Waals surface area contributed by atoms with E-state index in [2.05, 4.69) is 11.2 Å². The summed E-state index contributed by atoms with van der Waals surface area (Å²) in [5, 5.41) is 0. The van der Waals surface area contributed by atoms with Crippen molar-refractivity contribution in [1.82, 2.24) is 0 Å². The molecule has 26 valence electrons. The van der Waals surface area contributed by atoms with Crippen LogP contribution in [0.3, 0.4) is 0 Å². The molecule has 0 aliphatic carbocycles. The van der Waals surface area contributed by atoms with Crippen molar-refractivity contribution in [2.45, 2.75) is 6.42 Å². The number of rotatable bonds is 0. The molecule has 1 aliphatic rings. The van der Waals surface area contributed by atoms with Gasteiger partial charge in [0.15, 0.2) is 0 Å². The van der Waals surface area contributed by atoms with E-state index in [9.17, 15) is 0 Å². The van der Waals surface area contributed by atoms with E-state index in [-0.39, 0.29) is 58.2 Å². The van der Waals surface area contributed by atoms with Gasteiger partial charge < -0.3 is 4.99 Å². The molecule has 0 fully saturated rings. The van der Waals surface area contributed by atoms with Gasteiger partial charge in [0, 0.05) is 0 Å².